The first kappa shape index (κ1) is 8.28. The number of aromatic nitrogens is 2. The first-order chi connectivity index (χ1) is 6.81. The van der Waals surface area contributed by atoms with E-state index in [4.69, 9.17) is 5.53 Å². The molecule has 0 saturated carbocycles. The van der Waals surface area contributed by atoms with Crippen molar-refractivity contribution in [1.82, 2.24) is 10.2 Å². The van der Waals surface area contributed by atoms with Gasteiger partial charge in [0.2, 0.25) is 5.91 Å². The van der Waals surface area contributed by atoms with E-state index in [1.165, 1.54) is 0 Å². The molecule has 14 heavy (non-hydrogen) atoms. The van der Waals surface area contributed by atoms with E-state index >= 15 is 0 Å². The Morgan fingerprint density at radius 1 is 1.57 bits per heavy atom. The summed E-state index contributed by atoms with van der Waals surface area (Å²) in [6, 6.07) is 4.92. The summed E-state index contributed by atoms with van der Waals surface area (Å²) in [5.41, 5.74) is 9.18. The molecule has 0 bridgehead atoms. The van der Waals surface area contributed by atoms with Gasteiger partial charge in [-0.3, -0.25) is 9.89 Å². The number of fused-ring (bicyclic) bond motifs is 1. The fourth-order valence-electron chi connectivity index (χ4n) is 1.17. The Balaban J connectivity index is 2.53. The van der Waals surface area contributed by atoms with Gasteiger partial charge in [0.15, 0.2) is 0 Å². The summed E-state index contributed by atoms with van der Waals surface area (Å²) >= 11 is 0. The van der Waals surface area contributed by atoms with E-state index in [-0.39, 0.29) is 0 Å². The molecule has 0 spiro atoms. The van der Waals surface area contributed by atoms with Crippen LogP contribution in [0.4, 0.5) is 0 Å². The zero-order valence-corrected chi connectivity index (χ0v) is 7.01. The van der Waals surface area contributed by atoms with Gasteiger partial charge in [0, 0.05) is 15.9 Å². The first-order valence-corrected chi connectivity index (χ1v) is 3.84. The number of carbonyl (C=O) groups is 1. The zero-order valence-electron chi connectivity index (χ0n) is 7.01. The summed E-state index contributed by atoms with van der Waals surface area (Å²) in [5, 5.41) is 10.4. The maximum absolute atomic E-state index is 11.2. The van der Waals surface area contributed by atoms with Crippen LogP contribution in [0.3, 0.4) is 0 Å². The van der Waals surface area contributed by atoms with Crippen LogP contribution in [0.2, 0.25) is 0 Å². The molecule has 6 heteroatoms. The lowest BCUT2D eigenvalue weighted by molar-refractivity contribution is 0.100. The molecule has 68 valence electrons. The lowest BCUT2D eigenvalue weighted by atomic mass is 10.1. The lowest BCUT2D eigenvalue weighted by Crippen LogP contribution is -1.92. The number of H-pyrrole nitrogens is 1. The highest BCUT2D eigenvalue weighted by Gasteiger charge is 2.04. The summed E-state index contributed by atoms with van der Waals surface area (Å²) in [7, 11) is 0. The van der Waals surface area contributed by atoms with Gasteiger partial charge in [-0.25, -0.2) is 0 Å². The van der Waals surface area contributed by atoms with Gasteiger partial charge in [0.1, 0.15) is 0 Å². The Morgan fingerprint density at radius 3 is 3.21 bits per heavy atom. The van der Waals surface area contributed by atoms with Crippen LogP contribution in [0.1, 0.15) is 10.4 Å². The van der Waals surface area contributed by atoms with E-state index in [2.05, 4.69) is 20.2 Å². The number of hydrogen-bond acceptors (Lipinski definition) is 2. The predicted octanol–water partition coefficient (Wildman–Crippen LogP) is 2.01. The van der Waals surface area contributed by atoms with E-state index in [0.29, 0.717) is 5.56 Å². The average Bonchev–Trinajstić information content (AvgIpc) is 2.64. The Bertz CT molecular complexity index is 537. The molecule has 0 atom stereocenters. The highest BCUT2D eigenvalue weighted by atomic mass is 16.1. The SMILES string of the molecule is [N-]=[N+]=NC(=O)c1ccc2cn[nH]c2c1. The van der Waals surface area contributed by atoms with E-state index in [1.54, 1.807) is 24.4 Å². The minimum Gasteiger partial charge on any atom is -0.287 e. The number of aromatic amines is 1. The van der Waals surface area contributed by atoms with Gasteiger partial charge < -0.3 is 0 Å². The number of amides is 1. The third-order valence-corrected chi connectivity index (χ3v) is 1.82. The highest BCUT2D eigenvalue weighted by Crippen LogP contribution is 2.13. The number of nitrogens with zero attached hydrogens (tertiary/aromatic N) is 4. The minimum absolute atomic E-state index is 0.347. The molecular formula is C8H5N5O. The smallest absolute Gasteiger partial charge is 0.249 e. The second-order valence-corrected chi connectivity index (χ2v) is 2.67. The topological polar surface area (TPSA) is 94.5 Å². The van der Waals surface area contributed by atoms with Gasteiger partial charge in [-0.1, -0.05) is 12.1 Å². The Kier molecular flexibility index (Phi) is 1.89. The Labute approximate surface area is 78.2 Å². The molecule has 1 N–H and O–H groups in total. The van der Waals surface area contributed by atoms with Crippen LogP contribution in [-0.2, 0) is 0 Å². The molecule has 2 rings (SSSR count). The summed E-state index contributed by atoms with van der Waals surface area (Å²) in [5.74, 6) is -0.594. The molecule has 0 aliphatic rings. The second kappa shape index (κ2) is 3.20. The van der Waals surface area contributed by atoms with Crippen LogP contribution >= 0.6 is 0 Å². The number of hydrogen-bond donors (Lipinski definition) is 1. The van der Waals surface area contributed by atoms with Crippen molar-refractivity contribution in [3.05, 3.63) is 40.4 Å². The van der Waals surface area contributed by atoms with Gasteiger partial charge in [0.05, 0.1) is 11.7 Å². The minimum atomic E-state index is -0.594. The maximum atomic E-state index is 11.2. The van der Waals surface area contributed by atoms with Crippen molar-refractivity contribution in [2.75, 3.05) is 0 Å². The van der Waals surface area contributed by atoms with Crippen LogP contribution in [0.15, 0.2) is 29.5 Å². The molecule has 0 unspecified atom stereocenters. The van der Waals surface area contributed by atoms with Crippen LogP contribution in [-0.4, -0.2) is 16.1 Å². The molecule has 6 nitrogen and oxygen atoms in total. The third-order valence-electron chi connectivity index (χ3n) is 1.82. The van der Waals surface area contributed by atoms with Crippen molar-refractivity contribution >= 4 is 16.8 Å². The van der Waals surface area contributed by atoms with E-state index < -0.39 is 5.91 Å². The standard InChI is InChI=1S/C8H5N5O/c9-13-12-8(14)5-1-2-6-4-10-11-7(6)3-5/h1-4H,(H,10,11). The quantitative estimate of drug-likeness (QED) is 0.420. The molecule has 0 aliphatic carbocycles. The highest BCUT2D eigenvalue weighted by molar-refractivity contribution is 5.98. The van der Waals surface area contributed by atoms with Crippen LogP contribution in [0.5, 0.6) is 0 Å². The van der Waals surface area contributed by atoms with Gasteiger partial charge in [-0.2, -0.15) is 5.10 Å². The number of carbonyl (C=O) groups excluding carboxylic acids is 1. The number of nitrogens with one attached hydrogen (secondary N) is 1. The van der Waals surface area contributed by atoms with Crippen molar-refractivity contribution < 1.29 is 4.79 Å². The maximum Gasteiger partial charge on any atom is 0.249 e. The van der Waals surface area contributed by atoms with Gasteiger partial charge in [-0.15, -0.1) is 0 Å². The van der Waals surface area contributed by atoms with Crippen LogP contribution in [0.25, 0.3) is 21.3 Å². The van der Waals surface area contributed by atoms with E-state index in [0.717, 1.165) is 10.9 Å². The zero-order chi connectivity index (χ0) is 9.97. The number of benzene rings is 1. The van der Waals surface area contributed by atoms with E-state index in [1.807, 2.05) is 0 Å². The third kappa shape index (κ3) is 1.30. The van der Waals surface area contributed by atoms with Gasteiger partial charge >= 0.3 is 0 Å². The van der Waals surface area contributed by atoms with Gasteiger partial charge in [-0.05, 0) is 16.7 Å². The molecule has 1 amide bonds. The molecule has 2 aromatic rings. The number of azide groups is 1. The largest absolute Gasteiger partial charge is 0.287 e. The molecule has 0 radical (unpaired) electrons. The Hall–Kier alpha value is -2.33. The van der Waals surface area contributed by atoms with Gasteiger partial charge in [0.25, 0.3) is 0 Å². The Morgan fingerprint density at radius 2 is 2.43 bits per heavy atom. The summed E-state index contributed by atoms with van der Waals surface area (Å²) in [4.78, 5) is 13.6. The predicted molar refractivity (Wildman–Crippen MR) is 49.6 cm³/mol. The van der Waals surface area contributed by atoms with Crippen molar-refractivity contribution in [3.63, 3.8) is 0 Å². The fraction of sp³-hybridized carbons (Fsp3) is 0. The van der Waals surface area contributed by atoms with Crippen molar-refractivity contribution in [2.24, 2.45) is 5.11 Å². The van der Waals surface area contributed by atoms with E-state index in [9.17, 15) is 4.79 Å². The van der Waals surface area contributed by atoms with Crippen molar-refractivity contribution in [1.29, 1.82) is 0 Å². The van der Waals surface area contributed by atoms with Crippen molar-refractivity contribution in [2.45, 2.75) is 0 Å². The molecular weight excluding hydrogens is 182 g/mol. The van der Waals surface area contributed by atoms with Crippen LogP contribution < -0.4 is 0 Å². The van der Waals surface area contributed by atoms with Crippen LogP contribution in [0, 0.1) is 0 Å². The molecule has 1 aromatic carbocycles. The molecule has 0 saturated heterocycles. The first-order valence-electron chi connectivity index (χ1n) is 3.84. The fourth-order valence-corrected chi connectivity index (χ4v) is 1.17. The molecule has 0 aliphatic heterocycles. The molecule has 1 heterocycles. The van der Waals surface area contributed by atoms with Crippen molar-refractivity contribution in [3.8, 4) is 0 Å². The molecule has 0 fully saturated rings. The lowest BCUT2D eigenvalue weighted by Gasteiger charge is -1.93. The summed E-state index contributed by atoms with van der Waals surface area (Å²) in [6.45, 7) is 0. The number of rotatable bonds is 1. The normalized spacial score (nSPS) is 9.71. The second-order valence-electron chi connectivity index (χ2n) is 2.67. The monoisotopic (exact) mass is 187 g/mol. The average molecular weight is 187 g/mol. The molecule has 1 aromatic heterocycles. The summed E-state index contributed by atoms with van der Waals surface area (Å²) < 4.78 is 0. The summed E-state index contributed by atoms with van der Waals surface area (Å²) in [6.07, 6.45) is 1.65.